The average molecular weight is 270 g/mol. The van der Waals surface area contributed by atoms with E-state index in [-0.39, 0.29) is 0 Å². The Morgan fingerprint density at radius 3 is 2.85 bits per heavy atom. The molecule has 2 atom stereocenters. The number of hydrogen-bond donors (Lipinski definition) is 1. The van der Waals surface area contributed by atoms with E-state index >= 15 is 0 Å². The van der Waals surface area contributed by atoms with Crippen LogP contribution in [0.5, 0.6) is 0 Å². The first-order valence-electron chi connectivity index (χ1n) is 8.52. The van der Waals surface area contributed by atoms with Gasteiger partial charge in [0.2, 0.25) is 0 Å². The van der Waals surface area contributed by atoms with E-state index in [4.69, 9.17) is 0 Å². The Kier molecular flexibility index (Phi) is 3.33. The fraction of sp³-hybridized carbons (Fsp3) is 0.667. The molecule has 4 rings (SSSR count). The second-order valence-corrected chi connectivity index (χ2v) is 6.91. The van der Waals surface area contributed by atoms with Gasteiger partial charge in [-0.25, -0.2) is 0 Å². The summed E-state index contributed by atoms with van der Waals surface area (Å²) < 4.78 is 0. The van der Waals surface area contributed by atoms with Crippen LogP contribution >= 0.6 is 0 Å². The summed E-state index contributed by atoms with van der Waals surface area (Å²) in [5.74, 6) is 1.99. The van der Waals surface area contributed by atoms with Gasteiger partial charge in [0, 0.05) is 31.0 Å². The van der Waals surface area contributed by atoms with Gasteiger partial charge in [0.1, 0.15) is 0 Å². The molecule has 1 saturated heterocycles. The Bertz CT molecular complexity index is 482. The normalized spacial score (nSPS) is 29.3. The van der Waals surface area contributed by atoms with Crippen molar-refractivity contribution in [2.75, 3.05) is 29.9 Å². The number of piperidine rings is 1. The lowest BCUT2D eigenvalue weighted by Crippen LogP contribution is -2.41. The van der Waals surface area contributed by atoms with Gasteiger partial charge in [-0.3, -0.25) is 0 Å². The summed E-state index contributed by atoms with van der Waals surface area (Å²) in [6.07, 6.45) is 9.84. The number of fused-ring (bicyclic) bond motifs is 2. The van der Waals surface area contributed by atoms with Crippen LogP contribution in [0.4, 0.5) is 11.4 Å². The van der Waals surface area contributed by atoms with Gasteiger partial charge in [0.25, 0.3) is 0 Å². The van der Waals surface area contributed by atoms with Crippen molar-refractivity contribution in [2.24, 2.45) is 11.8 Å². The van der Waals surface area contributed by atoms with Crippen LogP contribution in [0.25, 0.3) is 0 Å². The summed E-state index contributed by atoms with van der Waals surface area (Å²) >= 11 is 0. The molecule has 1 N–H and O–H groups in total. The van der Waals surface area contributed by atoms with Gasteiger partial charge >= 0.3 is 0 Å². The lowest BCUT2D eigenvalue weighted by molar-refractivity contribution is 0.202. The monoisotopic (exact) mass is 270 g/mol. The SMILES string of the molecule is c1cc2c(cc1N1CCC3CCCCC3C1)CCCN2. The molecule has 108 valence electrons. The highest BCUT2D eigenvalue weighted by atomic mass is 15.1. The van der Waals surface area contributed by atoms with Crippen molar-refractivity contribution in [3.8, 4) is 0 Å². The predicted octanol–water partition coefficient (Wildman–Crippen LogP) is 4.06. The molecule has 2 unspecified atom stereocenters. The van der Waals surface area contributed by atoms with Gasteiger partial charge in [0.15, 0.2) is 0 Å². The molecule has 1 aliphatic carbocycles. The molecule has 2 heterocycles. The molecule has 1 aromatic carbocycles. The number of benzene rings is 1. The van der Waals surface area contributed by atoms with Crippen molar-refractivity contribution in [1.82, 2.24) is 0 Å². The van der Waals surface area contributed by atoms with Crippen LogP contribution in [0.3, 0.4) is 0 Å². The fourth-order valence-corrected chi connectivity index (χ4v) is 4.49. The second kappa shape index (κ2) is 5.31. The summed E-state index contributed by atoms with van der Waals surface area (Å²) in [4.78, 5) is 2.65. The molecule has 2 heteroatoms. The highest BCUT2D eigenvalue weighted by molar-refractivity contribution is 5.62. The van der Waals surface area contributed by atoms with E-state index in [1.807, 2.05) is 0 Å². The van der Waals surface area contributed by atoms with E-state index in [1.54, 1.807) is 0 Å². The van der Waals surface area contributed by atoms with Gasteiger partial charge in [-0.2, -0.15) is 0 Å². The van der Waals surface area contributed by atoms with Crippen molar-refractivity contribution >= 4 is 11.4 Å². The third-order valence-electron chi connectivity index (χ3n) is 5.68. The Morgan fingerprint density at radius 2 is 1.90 bits per heavy atom. The van der Waals surface area contributed by atoms with Crippen LogP contribution in [0.15, 0.2) is 18.2 Å². The quantitative estimate of drug-likeness (QED) is 0.828. The van der Waals surface area contributed by atoms with Gasteiger partial charge < -0.3 is 10.2 Å². The van der Waals surface area contributed by atoms with Gasteiger partial charge in [-0.1, -0.05) is 19.3 Å². The van der Waals surface area contributed by atoms with E-state index in [1.165, 1.54) is 75.0 Å². The van der Waals surface area contributed by atoms with Crippen LogP contribution in [-0.4, -0.2) is 19.6 Å². The Balaban J connectivity index is 1.52. The summed E-state index contributed by atoms with van der Waals surface area (Å²) in [6.45, 7) is 3.71. The van der Waals surface area contributed by atoms with Crippen LogP contribution in [0.1, 0.15) is 44.1 Å². The zero-order chi connectivity index (χ0) is 13.4. The average Bonchev–Trinajstić information content (AvgIpc) is 2.54. The van der Waals surface area contributed by atoms with E-state index in [9.17, 15) is 0 Å². The first-order chi connectivity index (χ1) is 9.90. The Morgan fingerprint density at radius 1 is 1.00 bits per heavy atom. The highest BCUT2D eigenvalue weighted by Gasteiger charge is 2.31. The standard InChI is InChI=1S/C18H26N2/c1-2-5-16-13-20(11-9-14(16)4-1)17-7-8-18-15(12-17)6-3-10-19-18/h7-8,12,14,16,19H,1-6,9-11,13H2. The van der Waals surface area contributed by atoms with E-state index < -0.39 is 0 Å². The molecule has 1 aromatic rings. The molecule has 2 aliphatic heterocycles. The molecule has 0 amide bonds. The van der Waals surface area contributed by atoms with Crippen LogP contribution < -0.4 is 10.2 Å². The number of rotatable bonds is 1. The number of nitrogens with zero attached hydrogens (tertiary/aromatic N) is 1. The number of anilines is 2. The first kappa shape index (κ1) is 12.6. The van der Waals surface area contributed by atoms with Crippen molar-refractivity contribution < 1.29 is 0 Å². The second-order valence-electron chi connectivity index (χ2n) is 6.91. The van der Waals surface area contributed by atoms with Crippen molar-refractivity contribution in [2.45, 2.75) is 44.9 Å². The molecule has 2 fully saturated rings. The minimum Gasteiger partial charge on any atom is -0.385 e. The smallest absolute Gasteiger partial charge is 0.0374 e. The number of aryl methyl sites for hydroxylation is 1. The lowest BCUT2D eigenvalue weighted by atomic mass is 9.75. The molecular formula is C18H26N2. The summed E-state index contributed by atoms with van der Waals surface area (Å²) in [5, 5.41) is 3.52. The third kappa shape index (κ3) is 2.30. The largest absolute Gasteiger partial charge is 0.385 e. The molecule has 0 spiro atoms. The Labute approximate surface area is 122 Å². The molecule has 1 saturated carbocycles. The summed E-state index contributed by atoms with van der Waals surface area (Å²) in [5.41, 5.74) is 4.36. The predicted molar refractivity (Wildman–Crippen MR) is 85.5 cm³/mol. The molecule has 2 nitrogen and oxygen atoms in total. The van der Waals surface area contributed by atoms with Crippen molar-refractivity contribution in [1.29, 1.82) is 0 Å². The van der Waals surface area contributed by atoms with Crippen molar-refractivity contribution in [3.05, 3.63) is 23.8 Å². The number of nitrogens with one attached hydrogen (secondary N) is 1. The van der Waals surface area contributed by atoms with E-state index in [0.29, 0.717) is 0 Å². The summed E-state index contributed by atoms with van der Waals surface area (Å²) in [7, 11) is 0. The maximum atomic E-state index is 3.52. The molecular weight excluding hydrogens is 244 g/mol. The van der Waals surface area contributed by atoms with E-state index in [0.717, 1.165) is 18.4 Å². The zero-order valence-corrected chi connectivity index (χ0v) is 12.4. The zero-order valence-electron chi connectivity index (χ0n) is 12.4. The minimum atomic E-state index is 0.964. The Hall–Kier alpha value is -1.18. The maximum absolute atomic E-state index is 3.52. The van der Waals surface area contributed by atoms with Crippen LogP contribution in [0.2, 0.25) is 0 Å². The van der Waals surface area contributed by atoms with Gasteiger partial charge in [-0.05, 0) is 61.3 Å². The minimum absolute atomic E-state index is 0.964. The topological polar surface area (TPSA) is 15.3 Å². The van der Waals surface area contributed by atoms with Gasteiger partial charge in [0.05, 0.1) is 0 Å². The molecule has 0 radical (unpaired) electrons. The molecule has 20 heavy (non-hydrogen) atoms. The van der Waals surface area contributed by atoms with Crippen molar-refractivity contribution in [3.63, 3.8) is 0 Å². The summed E-state index contributed by atoms with van der Waals surface area (Å²) in [6, 6.07) is 7.09. The molecule has 3 aliphatic rings. The number of hydrogen-bond acceptors (Lipinski definition) is 2. The highest BCUT2D eigenvalue weighted by Crippen LogP contribution is 2.38. The van der Waals surface area contributed by atoms with E-state index in [2.05, 4.69) is 28.4 Å². The fourth-order valence-electron chi connectivity index (χ4n) is 4.49. The molecule has 0 aromatic heterocycles. The lowest BCUT2D eigenvalue weighted by Gasteiger charge is -2.42. The first-order valence-corrected chi connectivity index (χ1v) is 8.52. The third-order valence-corrected chi connectivity index (χ3v) is 5.68. The van der Waals surface area contributed by atoms with Crippen LogP contribution in [0, 0.1) is 11.8 Å². The van der Waals surface area contributed by atoms with Crippen LogP contribution in [-0.2, 0) is 6.42 Å². The van der Waals surface area contributed by atoms with Gasteiger partial charge in [-0.15, -0.1) is 0 Å². The maximum Gasteiger partial charge on any atom is 0.0374 e. The molecule has 0 bridgehead atoms.